The molecule has 23 heavy (non-hydrogen) atoms. The minimum Gasteiger partial charge on any atom is -0.343 e. The van der Waals surface area contributed by atoms with E-state index >= 15 is 0 Å². The van der Waals surface area contributed by atoms with E-state index in [-0.39, 0.29) is 0 Å². The zero-order valence-corrected chi connectivity index (χ0v) is 13.8. The third kappa shape index (κ3) is 3.13. The first-order chi connectivity index (χ1) is 11.3. The highest BCUT2D eigenvalue weighted by atomic mass is 16.2. The van der Waals surface area contributed by atoms with Gasteiger partial charge in [-0.3, -0.25) is 4.79 Å². The summed E-state index contributed by atoms with van der Waals surface area (Å²) in [7, 11) is 0. The van der Waals surface area contributed by atoms with Crippen LogP contribution in [0.4, 0.5) is 0 Å². The normalized spacial score (nSPS) is 22.7. The van der Waals surface area contributed by atoms with Crippen molar-refractivity contribution in [1.29, 1.82) is 0 Å². The van der Waals surface area contributed by atoms with Gasteiger partial charge in [-0.1, -0.05) is 19.3 Å². The van der Waals surface area contributed by atoms with Crippen molar-refractivity contribution in [3.05, 3.63) is 11.6 Å². The fraction of sp³-hybridized carbons (Fsp3) is 0.824. The number of nitrogens with zero attached hydrogens (tertiary/aromatic N) is 4. The van der Waals surface area contributed by atoms with E-state index in [2.05, 4.69) is 25.0 Å². The van der Waals surface area contributed by atoms with Crippen LogP contribution in [0.1, 0.15) is 62.5 Å². The minimum atomic E-state index is 0.364. The van der Waals surface area contributed by atoms with Gasteiger partial charge in [0.1, 0.15) is 11.6 Å². The van der Waals surface area contributed by atoms with E-state index < -0.39 is 0 Å². The van der Waals surface area contributed by atoms with Crippen LogP contribution < -0.4 is 5.32 Å². The van der Waals surface area contributed by atoms with Crippen LogP contribution in [0.15, 0.2) is 0 Å². The van der Waals surface area contributed by atoms with Crippen molar-refractivity contribution in [1.82, 2.24) is 25.0 Å². The number of nitrogens with one attached hydrogen (secondary N) is 1. The molecule has 0 radical (unpaired) electrons. The molecule has 6 heteroatoms. The number of aromatic nitrogens is 3. The van der Waals surface area contributed by atoms with E-state index in [1.165, 1.54) is 19.3 Å². The molecule has 1 aromatic rings. The van der Waals surface area contributed by atoms with Gasteiger partial charge in [0.15, 0.2) is 0 Å². The van der Waals surface area contributed by atoms with Crippen molar-refractivity contribution in [3.8, 4) is 0 Å². The Morgan fingerprint density at radius 3 is 2.70 bits per heavy atom. The zero-order chi connectivity index (χ0) is 15.6. The Morgan fingerprint density at radius 1 is 1.13 bits per heavy atom. The highest BCUT2D eigenvalue weighted by Crippen LogP contribution is 2.32. The van der Waals surface area contributed by atoms with Gasteiger partial charge in [-0.25, -0.2) is 0 Å². The molecule has 4 rings (SSSR count). The molecule has 1 N–H and O–H groups in total. The molecule has 3 heterocycles. The van der Waals surface area contributed by atoms with E-state index in [1.54, 1.807) is 0 Å². The lowest BCUT2D eigenvalue weighted by Crippen LogP contribution is -2.39. The van der Waals surface area contributed by atoms with Crippen LogP contribution in [0.25, 0.3) is 0 Å². The van der Waals surface area contributed by atoms with E-state index in [9.17, 15) is 4.79 Å². The first-order valence-corrected chi connectivity index (χ1v) is 9.21. The predicted octanol–water partition coefficient (Wildman–Crippen LogP) is 1.67. The van der Waals surface area contributed by atoms with Crippen molar-refractivity contribution >= 4 is 5.91 Å². The van der Waals surface area contributed by atoms with Crippen LogP contribution >= 0.6 is 0 Å². The SMILES string of the molecule is O=C(CCC1CCC1)N1CCC(c2nnc3n2CCNC3)CC1. The Kier molecular flexibility index (Phi) is 4.33. The van der Waals surface area contributed by atoms with E-state index in [4.69, 9.17) is 0 Å². The van der Waals surface area contributed by atoms with Gasteiger partial charge >= 0.3 is 0 Å². The lowest BCUT2D eigenvalue weighted by molar-refractivity contribution is -0.132. The van der Waals surface area contributed by atoms with Crippen molar-refractivity contribution in [2.45, 2.75) is 64.0 Å². The lowest BCUT2D eigenvalue weighted by Gasteiger charge is -2.33. The smallest absolute Gasteiger partial charge is 0.222 e. The fourth-order valence-corrected chi connectivity index (χ4v) is 4.07. The second-order valence-corrected chi connectivity index (χ2v) is 7.29. The quantitative estimate of drug-likeness (QED) is 0.917. The largest absolute Gasteiger partial charge is 0.343 e. The topological polar surface area (TPSA) is 63.1 Å². The first-order valence-electron chi connectivity index (χ1n) is 9.21. The molecule has 1 saturated heterocycles. The number of piperidine rings is 1. The Bertz CT molecular complexity index is 557. The van der Waals surface area contributed by atoms with Gasteiger partial charge in [-0.05, 0) is 25.2 Å². The van der Waals surface area contributed by atoms with Crippen molar-refractivity contribution in [2.24, 2.45) is 5.92 Å². The number of hydrogen-bond donors (Lipinski definition) is 1. The standard InChI is InChI=1S/C17H27N5O/c23-16(5-4-13-2-1-3-13)21-9-6-14(7-10-21)17-20-19-15-12-18-8-11-22(15)17/h13-14,18H,1-12H2. The molecule has 126 valence electrons. The van der Waals surface area contributed by atoms with E-state index in [0.29, 0.717) is 11.8 Å². The number of likely N-dealkylation sites (tertiary alicyclic amines) is 1. The molecule has 0 unspecified atom stereocenters. The van der Waals surface area contributed by atoms with Gasteiger partial charge in [0.05, 0.1) is 6.54 Å². The maximum absolute atomic E-state index is 12.4. The molecule has 1 aliphatic carbocycles. The second kappa shape index (κ2) is 6.59. The van der Waals surface area contributed by atoms with Gasteiger partial charge in [-0.2, -0.15) is 0 Å². The van der Waals surface area contributed by atoms with E-state index in [0.717, 1.165) is 76.0 Å². The summed E-state index contributed by atoms with van der Waals surface area (Å²) >= 11 is 0. The molecule has 2 aliphatic heterocycles. The summed E-state index contributed by atoms with van der Waals surface area (Å²) in [5.41, 5.74) is 0. The fourth-order valence-electron chi connectivity index (χ4n) is 4.07. The summed E-state index contributed by atoms with van der Waals surface area (Å²) in [6.07, 6.45) is 7.94. The Morgan fingerprint density at radius 2 is 1.96 bits per heavy atom. The maximum Gasteiger partial charge on any atom is 0.222 e. The second-order valence-electron chi connectivity index (χ2n) is 7.29. The van der Waals surface area contributed by atoms with Gasteiger partial charge in [0.25, 0.3) is 0 Å². The van der Waals surface area contributed by atoms with E-state index in [1.807, 2.05) is 0 Å². The number of carbonyl (C=O) groups excluding carboxylic acids is 1. The molecule has 6 nitrogen and oxygen atoms in total. The molecule has 0 spiro atoms. The van der Waals surface area contributed by atoms with Gasteiger partial charge in [0.2, 0.25) is 5.91 Å². The number of rotatable bonds is 4. The predicted molar refractivity (Wildman–Crippen MR) is 86.9 cm³/mol. The summed E-state index contributed by atoms with van der Waals surface area (Å²) in [6, 6.07) is 0. The summed E-state index contributed by atoms with van der Waals surface area (Å²) in [5, 5.41) is 12.1. The Hall–Kier alpha value is -1.43. The van der Waals surface area contributed by atoms with Crippen molar-refractivity contribution in [2.75, 3.05) is 19.6 Å². The van der Waals surface area contributed by atoms with Crippen LogP contribution in [0.5, 0.6) is 0 Å². The zero-order valence-electron chi connectivity index (χ0n) is 13.8. The summed E-state index contributed by atoms with van der Waals surface area (Å²) in [5.74, 6) is 3.86. The van der Waals surface area contributed by atoms with Gasteiger partial charge in [0, 0.05) is 38.5 Å². The molecule has 0 bridgehead atoms. The minimum absolute atomic E-state index is 0.364. The monoisotopic (exact) mass is 317 g/mol. The third-order valence-electron chi connectivity index (χ3n) is 5.86. The lowest BCUT2D eigenvalue weighted by atomic mass is 9.82. The average Bonchev–Trinajstić information content (AvgIpc) is 2.97. The molecule has 0 aromatic carbocycles. The highest BCUT2D eigenvalue weighted by Gasteiger charge is 2.29. The Labute approximate surface area is 137 Å². The summed E-state index contributed by atoms with van der Waals surface area (Å²) in [4.78, 5) is 14.4. The average molecular weight is 317 g/mol. The molecule has 3 aliphatic rings. The maximum atomic E-state index is 12.4. The Balaban J connectivity index is 1.30. The third-order valence-corrected chi connectivity index (χ3v) is 5.86. The number of amides is 1. The van der Waals surface area contributed by atoms with Crippen molar-refractivity contribution < 1.29 is 4.79 Å². The van der Waals surface area contributed by atoms with Crippen LogP contribution in [0.2, 0.25) is 0 Å². The molecule has 1 saturated carbocycles. The number of hydrogen-bond acceptors (Lipinski definition) is 4. The number of fused-ring (bicyclic) bond motifs is 1. The molecule has 0 atom stereocenters. The van der Waals surface area contributed by atoms with Crippen molar-refractivity contribution in [3.63, 3.8) is 0 Å². The summed E-state index contributed by atoms with van der Waals surface area (Å²) in [6.45, 7) is 4.56. The molecule has 2 fully saturated rings. The molecular formula is C17H27N5O. The summed E-state index contributed by atoms with van der Waals surface area (Å²) < 4.78 is 2.29. The molecule has 1 amide bonds. The van der Waals surface area contributed by atoms with Crippen LogP contribution in [-0.4, -0.2) is 45.2 Å². The molecular weight excluding hydrogens is 290 g/mol. The highest BCUT2D eigenvalue weighted by molar-refractivity contribution is 5.76. The van der Waals surface area contributed by atoms with Gasteiger partial charge < -0.3 is 14.8 Å². The van der Waals surface area contributed by atoms with Crippen LogP contribution in [-0.2, 0) is 17.9 Å². The van der Waals surface area contributed by atoms with Crippen LogP contribution in [0, 0.1) is 5.92 Å². The van der Waals surface area contributed by atoms with Crippen LogP contribution in [0.3, 0.4) is 0 Å². The van der Waals surface area contributed by atoms with Gasteiger partial charge in [-0.15, -0.1) is 10.2 Å². The number of carbonyl (C=O) groups is 1. The molecule has 1 aromatic heterocycles. The first kappa shape index (κ1) is 15.1.